The summed E-state index contributed by atoms with van der Waals surface area (Å²) in [6.45, 7) is 0.918. The molecule has 0 saturated heterocycles. The largest absolute Gasteiger partial charge is 0.384 e. The summed E-state index contributed by atoms with van der Waals surface area (Å²) in [7, 11) is 1.82. The first-order valence-electron chi connectivity index (χ1n) is 6.41. The van der Waals surface area contributed by atoms with Crippen LogP contribution in [0, 0.1) is 0 Å². The van der Waals surface area contributed by atoms with Gasteiger partial charge in [0.2, 0.25) is 0 Å². The highest BCUT2D eigenvalue weighted by Gasteiger charge is 2.17. The number of hydrogen-bond acceptors (Lipinski definition) is 3. The molecule has 98 valence electrons. The number of carbonyl (C=O) groups is 1. The zero-order valence-electron chi connectivity index (χ0n) is 10.8. The Morgan fingerprint density at radius 2 is 2.32 bits per heavy atom. The van der Waals surface area contributed by atoms with Gasteiger partial charge >= 0.3 is 0 Å². The van der Waals surface area contributed by atoms with Crippen LogP contribution in [0.15, 0.2) is 30.5 Å². The van der Waals surface area contributed by atoms with Crippen molar-refractivity contribution in [1.82, 2.24) is 9.78 Å². The fourth-order valence-corrected chi connectivity index (χ4v) is 2.36. The normalized spacial score (nSPS) is 13.5. The minimum Gasteiger partial charge on any atom is -0.384 e. The molecule has 0 atom stereocenters. The Balaban J connectivity index is 1.87. The van der Waals surface area contributed by atoms with E-state index in [-0.39, 0.29) is 5.91 Å². The van der Waals surface area contributed by atoms with Gasteiger partial charge in [-0.25, -0.2) is 0 Å². The van der Waals surface area contributed by atoms with Gasteiger partial charge in [-0.15, -0.1) is 0 Å². The van der Waals surface area contributed by atoms with Crippen molar-refractivity contribution in [3.63, 3.8) is 0 Å². The van der Waals surface area contributed by atoms with Crippen LogP contribution in [-0.4, -0.2) is 22.2 Å². The molecule has 0 bridgehead atoms. The summed E-state index contributed by atoms with van der Waals surface area (Å²) in [5.74, 6) is 0.450. The highest BCUT2D eigenvalue weighted by molar-refractivity contribution is 6.08. The van der Waals surface area contributed by atoms with Crippen molar-refractivity contribution < 1.29 is 4.79 Å². The fourth-order valence-electron chi connectivity index (χ4n) is 2.36. The lowest BCUT2D eigenvalue weighted by Crippen LogP contribution is -2.19. The maximum absolute atomic E-state index is 12.3. The average Bonchev–Trinajstić information content (AvgIpc) is 2.83. The van der Waals surface area contributed by atoms with E-state index in [0.717, 1.165) is 25.1 Å². The Labute approximate surface area is 111 Å². The molecule has 19 heavy (non-hydrogen) atoms. The summed E-state index contributed by atoms with van der Waals surface area (Å²) in [4.78, 5) is 12.3. The Kier molecular flexibility index (Phi) is 2.95. The lowest BCUT2D eigenvalue weighted by Gasteiger charge is -2.20. The molecule has 1 aromatic heterocycles. The number of rotatable bonds is 2. The number of carbonyl (C=O) groups excluding carboxylic acids is 1. The molecule has 2 heterocycles. The summed E-state index contributed by atoms with van der Waals surface area (Å²) in [6.07, 6.45) is 3.93. The predicted molar refractivity (Wildman–Crippen MR) is 74.4 cm³/mol. The van der Waals surface area contributed by atoms with Gasteiger partial charge in [-0.05, 0) is 24.5 Å². The Morgan fingerprint density at radius 1 is 1.42 bits per heavy atom. The molecule has 0 fully saturated rings. The van der Waals surface area contributed by atoms with Crippen molar-refractivity contribution in [3.05, 3.63) is 41.6 Å². The van der Waals surface area contributed by atoms with Crippen LogP contribution in [0.4, 0.5) is 11.5 Å². The van der Waals surface area contributed by atoms with Crippen LogP contribution in [0.25, 0.3) is 0 Å². The van der Waals surface area contributed by atoms with Crippen LogP contribution in [0.2, 0.25) is 0 Å². The van der Waals surface area contributed by atoms with Gasteiger partial charge < -0.3 is 10.6 Å². The van der Waals surface area contributed by atoms with E-state index in [1.165, 1.54) is 5.56 Å². The SMILES string of the molecule is Cn1ccc(NC(=O)c2cccc3c2NCCC3)n1. The molecule has 0 radical (unpaired) electrons. The standard InChI is InChI=1S/C14H16N4O/c1-18-9-7-12(17-18)16-14(19)11-6-2-4-10-5-3-8-15-13(10)11/h2,4,6-7,9,15H,3,5,8H2,1H3,(H,16,17,19). The second kappa shape index (κ2) is 4.76. The molecule has 2 aromatic rings. The lowest BCUT2D eigenvalue weighted by atomic mass is 9.99. The smallest absolute Gasteiger partial charge is 0.258 e. The van der Waals surface area contributed by atoms with Crippen molar-refractivity contribution in [2.75, 3.05) is 17.2 Å². The van der Waals surface area contributed by atoms with Gasteiger partial charge in [-0.1, -0.05) is 12.1 Å². The molecule has 1 aliphatic heterocycles. The molecule has 1 amide bonds. The summed E-state index contributed by atoms with van der Waals surface area (Å²) < 4.78 is 1.66. The van der Waals surface area contributed by atoms with E-state index in [9.17, 15) is 4.79 Å². The molecule has 0 aliphatic carbocycles. The third-order valence-electron chi connectivity index (χ3n) is 3.28. The molecule has 1 aromatic carbocycles. The number of para-hydroxylation sites is 1. The zero-order valence-corrected chi connectivity index (χ0v) is 10.8. The number of nitrogens with one attached hydrogen (secondary N) is 2. The highest BCUT2D eigenvalue weighted by atomic mass is 16.1. The number of aromatic nitrogens is 2. The van der Waals surface area contributed by atoms with Gasteiger partial charge in [0.15, 0.2) is 5.82 Å². The number of amides is 1. The number of hydrogen-bond donors (Lipinski definition) is 2. The first-order chi connectivity index (χ1) is 9.24. The summed E-state index contributed by atoms with van der Waals surface area (Å²) in [5, 5.41) is 10.3. The molecular weight excluding hydrogens is 240 g/mol. The Morgan fingerprint density at radius 3 is 3.11 bits per heavy atom. The van der Waals surface area contributed by atoms with Crippen LogP contribution in [0.3, 0.4) is 0 Å². The van der Waals surface area contributed by atoms with E-state index in [0.29, 0.717) is 11.4 Å². The number of benzene rings is 1. The second-order valence-electron chi connectivity index (χ2n) is 4.70. The van der Waals surface area contributed by atoms with Crippen LogP contribution in [0.5, 0.6) is 0 Å². The Hall–Kier alpha value is -2.30. The maximum Gasteiger partial charge on any atom is 0.258 e. The van der Waals surface area contributed by atoms with Crippen molar-refractivity contribution in [3.8, 4) is 0 Å². The van der Waals surface area contributed by atoms with Crippen molar-refractivity contribution >= 4 is 17.4 Å². The minimum atomic E-state index is -0.120. The molecule has 0 saturated carbocycles. The van der Waals surface area contributed by atoms with E-state index < -0.39 is 0 Å². The summed E-state index contributed by atoms with van der Waals surface area (Å²) >= 11 is 0. The van der Waals surface area contributed by atoms with Crippen LogP contribution < -0.4 is 10.6 Å². The van der Waals surface area contributed by atoms with Gasteiger partial charge in [-0.3, -0.25) is 9.48 Å². The Bertz CT molecular complexity index is 618. The molecular formula is C14H16N4O. The molecule has 1 aliphatic rings. The van der Waals surface area contributed by atoms with Gasteiger partial charge in [0.1, 0.15) is 0 Å². The first kappa shape index (κ1) is 11.8. The quantitative estimate of drug-likeness (QED) is 0.864. The molecule has 5 nitrogen and oxygen atoms in total. The maximum atomic E-state index is 12.3. The molecule has 0 unspecified atom stereocenters. The molecule has 0 spiro atoms. The first-order valence-corrected chi connectivity index (χ1v) is 6.41. The minimum absolute atomic E-state index is 0.120. The number of aryl methyl sites for hydroxylation is 2. The zero-order chi connectivity index (χ0) is 13.2. The third-order valence-corrected chi connectivity index (χ3v) is 3.28. The molecule has 2 N–H and O–H groups in total. The predicted octanol–water partition coefficient (Wildman–Crippen LogP) is 2.03. The molecule has 5 heteroatoms. The third kappa shape index (κ3) is 2.31. The second-order valence-corrected chi connectivity index (χ2v) is 4.70. The van der Waals surface area contributed by atoms with E-state index in [1.807, 2.05) is 19.2 Å². The van der Waals surface area contributed by atoms with Crippen molar-refractivity contribution in [1.29, 1.82) is 0 Å². The summed E-state index contributed by atoms with van der Waals surface area (Å²) in [5.41, 5.74) is 2.85. The molecule has 3 rings (SSSR count). The van der Waals surface area contributed by atoms with Gasteiger partial charge in [0.25, 0.3) is 5.91 Å². The van der Waals surface area contributed by atoms with Crippen LogP contribution in [-0.2, 0) is 13.5 Å². The van der Waals surface area contributed by atoms with E-state index in [1.54, 1.807) is 16.9 Å². The van der Waals surface area contributed by atoms with E-state index in [2.05, 4.69) is 21.8 Å². The van der Waals surface area contributed by atoms with Crippen LogP contribution in [0.1, 0.15) is 22.3 Å². The van der Waals surface area contributed by atoms with Gasteiger partial charge in [-0.2, -0.15) is 5.10 Å². The topological polar surface area (TPSA) is 59.0 Å². The van der Waals surface area contributed by atoms with Crippen LogP contribution >= 0.6 is 0 Å². The van der Waals surface area contributed by atoms with Crippen molar-refractivity contribution in [2.24, 2.45) is 7.05 Å². The van der Waals surface area contributed by atoms with E-state index in [4.69, 9.17) is 0 Å². The highest BCUT2D eigenvalue weighted by Crippen LogP contribution is 2.26. The van der Waals surface area contributed by atoms with Gasteiger partial charge in [0.05, 0.1) is 11.3 Å². The number of nitrogens with zero attached hydrogens (tertiary/aromatic N) is 2. The lowest BCUT2D eigenvalue weighted by molar-refractivity contribution is 0.102. The van der Waals surface area contributed by atoms with E-state index >= 15 is 0 Å². The number of anilines is 2. The monoisotopic (exact) mass is 256 g/mol. The fraction of sp³-hybridized carbons (Fsp3) is 0.286. The summed E-state index contributed by atoms with van der Waals surface area (Å²) in [6, 6.07) is 7.62. The average molecular weight is 256 g/mol. The van der Waals surface area contributed by atoms with Crippen molar-refractivity contribution in [2.45, 2.75) is 12.8 Å². The number of fused-ring (bicyclic) bond motifs is 1. The van der Waals surface area contributed by atoms with Gasteiger partial charge in [0, 0.05) is 25.9 Å².